The van der Waals surface area contributed by atoms with Gasteiger partial charge in [0.15, 0.2) is 0 Å². The average molecular weight is 247 g/mol. The van der Waals surface area contributed by atoms with Crippen molar-refractivity contribution in [1.82, 2.24) is 0 Å². The quantitative estimate of drug-likeness (QED) is 0.825. The Hall–Kier alpha value is -0.280. The van der Waals surface area contributed by atoms with E-state index in [-0.39, 0.29) is 12.2 Å². The second-order valence-corrected chi connectivity index (χ2v) is 4.61. The fourth-order valence-electron chi connectivity index (χ4n) is 1.77. The molecule has 0 radical (unpaired) electrons. The summed E-state index contributed by atoms with van der Waals surface area (Å²) in [5.74, 6) is 0. The zero-order chi connectivity index (χ0) is 10.8. The first-order valence-electron chi connectivity index (χ1n) is 4.91. The molecular weight excluding hydrogens is 235 g/mol. The number of rotatable bonds is 1. The first kappa shape index (κ1) is 11.2. The van der Waals surface area contributed by atoms with Gasteiger partial charge < -0.3 is 9.84 Å². The van der Waals surface area contributed by atoms with Gasteiger partial charge in [-0.2, -0.15) is 0 Å². The standard InChI is InChI=1S/C11H12Cl2O2/c12-8-3-7(4-9(13)5-8)11-6-10(14)1-2-15-11/h3-5,10-11,14H,1-2,6H2. The van der Waals surface area contributed by atoms with Gasteiger partial charge in [-0.05, 0) is 30.2 Å². The molecule has 0 bridgehead atoms. The molecule has 1 N–H and O–H groups in total. The van der Waals surface area contributed by atoms with Crippen LogP contribution in [0.1, 0.15) is 24.5 Å². The lowest BCUT2D eigenvalue weighted by molar-refractivity contribution is -0.0447. The minimum atomic E-state index is -0.290. The van der Waals surface area contributed by atoms with Gasteiger partial charge in [0.25, 0.3) is 0 Å². The van der Waals surface area contributed by atoms with Gasteiger partial charge in [-0.3, -0.25) is 0 Å². The molecular formula is C11H12Cl2O2. The van der Waals surface area contributed by atoms with Crippen LogP contribution < -0.4 is 0 Å². The van der Waals surface area contributed by atoms with Crippen LogP contribution in [0.25, 0.3) is 0 Å². The van der Waals surface area contributed by atoms with Crippen molar-refractivity contribution >= 4 is 23.2 Å². The minimum Gasteiger partial charge on any atom is -0.393 e. The largest absolute Gasteiger partial charge is 0.393 e. The van der Waals surface area contributed by atoms with Crippen molar-refractivity contribution in [3.63, 3.8) is 0 Å². The molecule has 1 heterocycles. The molecule has 0 spiro atoms. The molecule has 2 atom stereocenters. The molecule has 0 aliphatic carbocycles. The topological polar surface area (TPSA) is 29.5 Å². The van der Waals surface area contributed by atoms with Gasteiger partial charge in [0.1, 0.15) is 0 Å². The normalized spacial score (nSPS) is 26.6. The summed E-state index contributed by atoms with van der Waals surface area (Å²) < 4.78 is 5.57. The Balaban J connectivity index is 2.20. The summed E-state index contributed by atoms with van der Waals surface area (Å²) in [4.78, 5) is 0. The summed E-state index contributed by atoms with van der Waals surface area (Å²) in [6.45, 7) is 0.579. The minimum absolute atomic E-state index is 0.0926. The third-order valence-electron chi connectivity index (χ3n) is 2.51. The van der Waals surface area contributed by atoms with Crippen LogP contribution in [0.5, 0.6) is 0 Å². The Morgan fingerprint density at radius 3 is 2.47 bits per heavy atom. The van der Waals surface area contributed by atoms with E-state index < -0.39 is 0 Å². The molecule has 1 aromatic rings. The molecule has 1 aliphatic rings. The molecule has 82 valence electrons. The van der Waals surface area contributed by atoms with Crippen molar-refractivity contribution in [2.45, 2.75) is 25.0 Å². The first-order valence-corrected chi connectivity index (χ1v) is 5.66. The SMILES string of the molecule is OC1CCOC(c2cc(Cl)cc(Cl)c2)C1. The Bertz CT molecular complexity index is 334. The molecule has 1 fully saturated rings. The van der Waals surface area contributed by atoms with Crippen LogP contribution in [0.2, 0.25) is 10.0 Å². The van der Waals surface area contributed by atoms with Gasteiger partial charge in [-0.1, -0.05) is 23.2 Å². The van der Waals surface area contributed by atoms with Crippen LogP contribution in [0.4, 0.5) is 0 Å². The molecule has 1 aliphatic heterocycles. The summed E-state index contributed by atoms with van der Waals surface area (Å²) in [5.41, 5.74) is 0.936. The van der Waals surface area contributed by atoms with E-state index >= 15 is 0 Å². The van der Waals surface area contributed by atoms with E-state index in [1.54, 1.807) is 6.07 Å². The van der Waals surface area contributed by atoms with Crippen LogP contribution in [0.3, 0.4) is 0 Å². The van der Waals surface area contributed by atoms with Gasteiger partial charge in [0, 0.05) is 23.1 Å². The van der Waals surface area contributed by atoms with Crippen molar-refractivity contribution in [1.29, 1.82) is 0 Å². The van der Waals surface area contributed by atoms with Crippen molar-refractivity contribution < 1.29 is 9.84 Å². The van der Waals surface area contributed by atoms with Gasteiger partial charge in [-0.25, -0.2) is 0 Å². The number of hydrogen-bond acceptors (Lipinski definition) is 2. The van der Waals surface area contributed by atoms with Crippen LogP contribution in [0, 0.1) is 0 Å². The molecule has 1 aromatic carbocycles. The first-order chi connectivity index (χ1) is 7.15. The number of aliphatic hydroxyl groups excluding tert-OH is 1. The zero-order valence-corrected chi connectivity index (χ0v) is 9.63. The van der Waals surface area contributed by atoms with E-state index in [9.17, 15) is 5.11 Å². The van der Waals surface area contributed by atoms with Crippen molar-refractivity contribution in [2.75, 3.05) is 6.61 Å². The molecule has 0 amide bonds. The molecule has 4 heteroatoms. The monoisotopic (exact) mass is 246 g/mol. The molecule has 2 nitrogen and oxygen atoms in total. The molecule has 15 heavy (non-hydrogen) atoms. The van der Waals surface area contributed by atoms with E-state index in [1.165, 1.54) is 0 Å². The van der Waals surface area contributed by atoms with E-state index in [0.717, 1.165) is 5.56 Å². The summed E-state index contributed by atoms with van der Waals surface area (Å²) in [6, 6.07) is 5.35. The number of ether oxygens (including phenoxy) is 1. The predicted molar refractivity (Wildman–Crippen MR) is 60.4 cm³/mol. The highest BCUT2D eigenvalue weighted by Gasteiger charge is 2.22. The van der Waals surface area contributed by atoms with Gasteiger partial charge in [-0.15, -0.1) is 0 Å². The van der Waals surface area contributed by atoms with Crippen LogP contribution >= 0.6 is 23.2 Å². The fraction of sp³-hybridized carbons (Fsp3) is 0.455. The Labute approximate surface area is 98.8 Å². The average Bonchev–Trinajstić information content (AvgIpc) is 2.16. The summed E-state index contributed by atoms with van der Waals surface area (Å²) in [5, 5.41) is 10.7. The zero-order valence-electron chi connectivity index (χ0n) is 8.12. The van der Waals surface area contributed by atoms with Gasteiger partial charge >= 0.3 is 0 Å². The van der Waals surface area contributed by atoms with E-state index in [1.807, 2.05) is 12.1 Å². The van der Waals surface area contributed by atoms with Crippen LogP contribution in [-0.2, 0) is 4.74 Å². The molecule has 1 saturated heterocycles. The van der Waals surface area contributed by atoms with Crippen molar-refractivity contribution in [3.8, 4) is 0 Å². The van der Waals surface area contributed by atoms with Crippen LogP contribution in [-0.4, -0.2) is 17.8 Å². The molecule has 2 rings (SSSR count). The number of hydrogen-bond donors (Lipinski definition) is 1. The lowest BCUT2D eigenvalue weighted by Gasteiger charge is -2.27. The van der Waals surface area contributed by atoms with E-state index in [4.69, 9.17) is 27.9 Å². The molecule has 0 saturated carbocycles. The lowest BCUT2D eigenvalue weighted by Crippen LogP contribution is -2.23. The second-order valence-electron chi connectivity index (χ2n) is 3.74. The highest BCUT2D eigenvalue weighted by molar-refractivity contribution is 6.34. The Kier molecular flexibility index (Phi) is 3.52. The maximum Gasteiger partial charge on any atom is 0.0850 e. The van der Waals surface area contributed by atoms with Crippen molar-refractivity contribution in [3.05, 3.63) is 33.8 Å². The molecule has 0 aromatic heterocycles. The van der Waals surface area contributed by atoms with Gasteiger partial charge in [0.05, 0.1) is 12.2 Å². The van der Waals surface area contributed by atoms with Gasteiger partial charge in [0.2, 0.25) is 0 Å². The summed E-state index contributed by atoms with van der Waals surface area (Å²) in [7, 11) is 0. The maximum absolute atomic E-state index is 9.53. The number of benzene rings is 1. The van der Waals surface area contributed by atoms with Crippen molar-refractivity contribution in [2.24, 2.45) is 0 Å². The summed E-state index contributed by atoms with van der Waals surface area (Å²) in [6.07, 6.45) is 0.924. The number of halogens is 2. The number of aliphatic hydroxyl groups is 1. The van der Waals surface area contributed by atoms with E-state index in [0.29, 0.717) is 29.5 Å². The maximum atomic E-state index is 9.53. The van der Waals surface area contributed by atoms with E-state index in [2.05, 4.69) is 0 Å². The fourth-order valence-corrected chi connectivity index (χ4v) is 2.32. The van der Waals surface area contributed by atoms with Crippen LogP contribution in [0.15, 0.2) is 18.2 Å². The predicted octanol–water partition coefficient (Wildman–Crippen LogP) is 3.21. The lowest BCUT2D eigenvalue weighted by atomic mass is 9.99. The second kappa shape index (κ2) is 4.71. The third kappa shape index (κ3) is 2.85. The summed E-state index contributed by atoms with van der Waals surface area (Å²) >= 11 is 11.8. The highest BCUT2D eigenvalue weighted by Crippen LogP contribution is 2.31. The smallest absolute Gasteiger partial charge is 0.0850 e. The highest BCUT2D eigenvalue weighted by atomic mass is 35.5. The molecule has 2 unspecified atom stereocenters. The Morgan fingerprint density at radius 1 is 1.20 bits per heavy atom. The third-order valence-corrected chi connectivity index (χ3v) is 2.95. The Morgan fingerprint density at radius 2 is 1.87 bits per heavy atom.